The fourth-order valence-corrected chi connectivity index (χ4v) is 3.97. The van der Waals surface area contributed by atoms with E-state index < -0.39 is 0 Å². The van der Waals surface area contributed by atoms with Crippen molar-refractivity contribution >= 4 is 0 Å². The molecule has 1 atom stereocenters. The summed E-state index contributed by atoms with van der Waals surface area (Å²) >= 11 is 0. The molecule has 4 aromatic rings. The lowest BCUT2D eigenvalue weighted by atomic mass is 10.00. The van der Waals surface area contributed by atoms with Gasteiger partial charge in [0.1, 0.15) is 17.7 Å². The number of aromatic nitrogens is 6. The first-order chi connectivity index (χ1) is 13.7. The summed E-state index contributed by atoms with van der Waals surface area (Å²) in [6, 6.07) is 6.52. The maximum Gasteiger partial charge on any atom is 0.132 e. The van der Waals surface area contributed by atoms with Gasteiger partial charge in [0.2, 0.25) is 0 Å². The maximum absolute atomic E-state index is 13.7. The second kappa shape index (κ2) is 6.72. The number of rotatable bonds is 4. The average Bonchev–Trinajstić information content (AvgIpc) is 3.42. The quantitative estimate of drug-likeness (QED) is 0.573. The molecule has 0 saturated carbocycles. The maximum atomic E-state index is 13.7. The first-order valence-corrected chi connectivity index (χ1v) is 9.22. The van der Waals surface area contributed by atoms with Gasteiger partial charge in [0.15, 0.2) is 0 Å². The second-order valence-corrected chi connectivity index (χ2v) is 7.07. The predicted molar refractivity (Wildman–Crippen MR) is 102 cm³/mol. The molecule has 0 aliphatic carbocycles. The minimum Gasteiger partial charge on any atom is -0.348 e. The van der Waals surface area contributed by atoms with Crippen molar-refractivity contribution in [2.75, 3.05) is 6.54 Å². The highest BCUT2D eigenvalue weighted by Gasteiger charge is 2.34. The molecule has 0 bridgehead atoms. The molecular formula is C20H20FN7. The van der Waals surface area contributed by atoms with Crippen LogP contribution in [0.15, 0.2) is 49.2 Å². The fourth-order valence-electron chi connectivity index (χ4n) is 3.97. The van der Waals surface area contributed by atoms with Crippen LogP contribution in [0.3, 0.4) is 0 Å². The number of H-pyrrole nitrogens is 2. The van der Waals surface area contributed by atoms with Crippen LogP contribution in [-0.4, -0.2) is 41.2 Å². The standard InChI is InChI=1S/C20H20FN7/c1-27-8-6-22-20(27)19-18-16(23-12-24-18)5-7-28(19)11-14-10-25-26-17(14)13-3-2-4-15(21)9-13/h2-4,6,8-10,12,19H,5,7,11H2,1H3,(H,23,24)(H,25,26)/t19-/m0/s1. The number of aromatic amines is 2. The van der Waals surface area contributed by atoms with Crippen LogP contribution >= 0.6 is 0 Å². The van der Waals surface area contributed by atoms with Crippen LogP contribution in [0, 0.1) is 5.82 Å². The average molecular weight is 377 g/mol. The molecule has 0 amide bonds. The summed E-state index contributed by atoms with van der Waals surface area (Å²) in [4.78, 5) is 14.8. The van der Waals surface area contributed by atoms with Crippen LogP contribution in [0.1, 0.15) is 28.8 Å². The normalized spacial score (nSPS) is 17.0. The van der Waals surface area contributed by atoms with E-state index in [1.807, 2.05) is 36.3 Å². The van der Waals surface area contributed by atoms with Gasteiger partial charge in [-0.15, -0.1) is 0 Å². The molecule has 0 spiro atoms. The van der Waals surface area contributed by atoms with Gasteiger partial charge in [0.05, 0.1) is 23.9 Å². The van der Waals surface area contributed by atoms with Crippen LogP contribution in [0.5, 0.6) is 0 Å². The monoisotopic (exact) mass is 377 g/mol. The van der Waals surface area contributed by atoms with Crippen LogP contribution in [0.2, 0.25) is 0 Å². The molecule has 2 N–H and O–H groups in total. The highest BCUT2D eigenvalue weighted by Crippen LogP contribution is 2.34. The zero-order valence-electron chi connectivity index (χ0n) is 15.4. The summed E-state index contributed by atoms with van der Waals surface area (Å²) in [5.74, 6) is 0.687. The van der Waals surface area contributed by atoms with Gasteiger partial charge in [-0.3, -0.25) is 10.00 Å². The van der Waals surface area contributed by atoms with Gasteiger partial charge < -0.3 is 9.55 Å². The molecule has 1 aliphatic rings. The number of fused-ring (bicyclic) bond motifs is 1. The number of nitrogens with zero attached hydrogens (tertiary/aromatic N) is 5. The van der Waals surface area contributed by atoms with Crippen LogP contribution in [0.25, 0.3) is 11.3 Å². The van der Waals surface area contributed by atoms with Gasteiger partial charge >= 0.3 is 0 Å². The summed E-state index contributed by atoms with van der Waals surface area (Å²) in [5, 5.41) is 7.24. The highest BCUT2D eigenvalue weighted by molar-refractivity contribution is 5.62. The summed E-state index contributed by atoms with van der Waals surface area (Å²) in [6.45, 7) is 1.52. The minimum absolute atomic E-state index is 0.0507. The van der Waals surface area contributed by atoms with Crippen molar-refractivity contribution in [2.45, 2.75) is 19.0 Å². The SMILES string of the molecule is Cn1ccnc1[C@@H]1c2nc[nH]c2CCN1Cc1cn[nH]c1-c1cccc(F)c1. The number of halogens is 1. The Labute approximate surface area is 161 Å². The Morgan fingerprint density at radius 1 is 1.29 bits per heavy atom. The molecule has 5 rings (SSSR count). The van der Waals surface area contributed by atoms with Crippen molar-refractivity contribution in [2.24, 2.45) is 7.05 Å². The molecule has 0 unspecified atom stereocenters. The molecule has 1 aliphatic heterocycles. The first-order valence-electron chi connectivity index (χ1n) is 9.22. The topological polar surface area (TPSA) is 78.4 Å². The van der Waals surface area contributed by atoms with Crippen molar-refractivity contribution in [3.05, 3.63) is 77.8 Å². The Morgan fingerprint density at radius 3 is 3.04 bits per heavy atom. The summed E-state index contributed by atoms with van der Waals surface area (Å²) in [7, 11) is 2.00. The third kappa shape index (κ3) is 2.82. The molecule has 3 aromatic heterocycles. The lowest BCUT2D eigenvalue weighted by Gasteiger charge is -2.34. The zero-order valence-corrected chi connectivity index (χ0v) is 15.4. The molecule has 28 heavy (non-hydrogen) atoms. The van der Waals surface area contributed by atoms with Crippen molar-refractivity contribution in [3.63, 3.8) is 0 Å². The van der Waals surface area contributed by atoms with Crippen LogP contribution in [0.4, 0.5) is 4.39 Å². The molecule has 4 heterocycles. The molecule has 8 heteroatoms. The summed E-state index contributed by atoms with van der Waals surface area (Å²) in [5.41, 5.74) is 4.81. The highest BCUT2D eigenvalue weighted by atomic mass is 19.1. The van der Waals surface area contributed by atoms with Gasteiger partial charge in [0, 0.05) is 55.8 Å². The molecule has 0 saturated heterocycles. The Balaban J connectivity index is 1.52. The third-order valence-corrected chi connectivity index (χ3v) is 5.33. The first kappa shape index (κ1) is 16.9. The van der Waals surface area contributed by atoms with Crippen molar-refractivity contribution < 1.29 is 4.39 Å². The van der Waals surface area contributed by atoms with Crippen molar-refractivity contribution in [3.8, 4) is 11.3 Å². The van der Waals surface area contributed by atoms with E-state index in [1.165, 1.54) is 12.1 Å². The number of nitrogens with one attached hydrogen (secondary N) is 2. The van der Waals surface area contributed by atoms with Crippen LogP contribution < -0.4 is 0 Å². The van der Waals surface area contributed by atoms with Gasteiger partial charge in [-0.05, 0) is 12.1 Å². The van der Waals surface area contributed by atoms with E-state index in [0.29, 0.717) is 6.54 Å². The molecule has 0 fully saturated rings. The third-order valence-electron chi connectivity index (χ3n) is 5.33. The lowest BCUT2D eigenvalue weighted by Crippen LogP contribution is -2.37. The summed E-state index contributed by atoms with van der Waals surface area (Å²) < 4.78 is 15.7. The van der Waals surface area contributed by atoms with E-state index in [4.69, 9.17) is 0 Å². The Morgan fingerprint density at radius 2 is 2.21 bits per heavy atom. The van der Waals surface area contributed by atoms with Gasteiger partial charge in [-0.2, -0.15) is 5.10 Å². The van der Waals surface area contributed by atoms with Crippen molar-refractivity contribution in [1.82, 2.24) is 34.6 Å². The second-order valence-electron chi connectivity index (χ2n) is 7.07. The van der Waals surface area contributed by atoms with E-state index in [2.05, 4.69) is 30.0 Å². The Kier molecular flexibility index (Phi) is 4.05. The number of benzene rings is 1. The summed E-state index contributed by atoms with van der Waals surface area (Å²) in [6.07, 6.45) is 8.22. The Bertz CT molecular complexity index is 1110. The van der Waals surface area contributed by atoms with Gasteiger partial charge in [-0.25, -0.2) is 14.4 Å². The Hall–Kier alpha value is -3.26. The van der Waals surface area contributed by atoms with E-state index in [-0.39, 0.29) is 11.9 Å². The lowest BCUT2D eigenvalue weighted by molar-refractivity contribution is 0.191. The molecule has 142 valence electrons. The number of aryl methyl sites for hydroxylation is 1. The van der Waals surface area contributed by atoms with Gasteiger partial charge in [0.25, 0.3) is 0 Å². The number of hydrogen-bond donors (Lipinski definition) is 2. The molecule has 7 nitrogen and oxygen atoms in total. The molecular weight excluding hydrogens is 357 g/mol. The van der Waals surface area contributed by atoms with E-state index in [0.717, 1.165) is 47.0 Å². The smallest absolute Gasteiger partial charge is 0.132 e. The fraction of sp³-hybridized carbons (Fsp3) is 0.250. The molecule has 1 aromatic carbocycles. The van der Waals surface area contributed by atoms with Gasteiger partial charge in [-0.1, -0.05) is 12.1 Å². The van der Waals surface area contributed by atoms with Crippen LogP contribution in [-0.2, 0) is 20.0 Å². The van der Waals surface area contributed by atoms with E-state index >= 15 is 0 Å². The predicted octanol–water partition coefficient (Wildman–Crippen LogP) is 2.82. The van der Waals surface area contributed by atoms with E-state index in [9.17, 15) is 4.39 Å². The zero-order chi connectivity index (χ0) is 19.1. The number of hydrogen-bond acceptors (Lipinski definition) is 4. The van der Waals surface area contributed by atoms with E-state index in [1.54, 1.807) is 12.4 Å². The minimum atomic E-state index is -0.261. The van der Waals surface area contributed by atoms with Crippen molar-refractivity contribution in [1.29, 1.82) is 0 Å². The molecule has 0 radical (unpaired) electrons. The number of imidazole rings is 2. The largest absolute Gasteiger partial charge is 0.348 e.